The Hall–Kier alpha value is -0.770. The minimum atomic E-state index is -0.209. The number of hydrogen-bond donors (Lipinski definition) is 2. The van der Waals surface area contributed by atoms with Crippen LogP contribution in [-0.2, 0) is 4.74 Å². The lowest BCUT2D eigenvalue weighted by molar-refractivity contribution is 0.0169. The van der Waals surface area contributed by atoms with E-state index in [1.54, 1.807) is 0 Å². The third-order valence-electron chi connectivity index (χ3n) is 3.64. The van der Waals surface area contributed by atoms with Gasteiger partial charge in [0.1, 0.15) is 6.10 Å². The van der Waals surface area contributed by atoms with Crippen molar-refractivity contribution in [2.75, 3.05) is 13.6 Å². The van der Waals surface area contributed by atoms with Crippen LogP contribution in [0, 0.1) is 5.92 Å². The molecule has 0 heterocycles. The number of carbonyl (C=O) groups is 1. The monoisotopic (exact) mass is 226 g/mol. The number of alkyl carbamates (subject to hydrolysis) is 1. The van der Waals surface area contributed by atoms with Crippen molar-refractivity contribution >= 4 is 6.09 Å². The zero-order chi connectivity index (χ0) is 11.4. The van der Waals surface area contributed by atoms with Gasteiger partial charge in [-0.2, -0.15) is 0 Å². The molecule has 0 aromatic carbocycles. The summed E-state index contributed by atoms with van der Waals surface area (Å²) in [5, 5.41) is 6.09. The normalized spacial score (nSPS) is 29.8. The minimum absolute atomic E-state index is 0.153. The number of ether oxygens (including phenoxy) is 1. The summed E-state index contributed by atoms with van der Waals surface area (Å²) in [4.78, 5) is 11.5. The van der Waals surface area contributed by atoms with Crippen LogP contribution in [-0.4, -0.2) is 31.8 Å². The molecule has 0 bridgehead atoms. The van der Waals surface area contributed by atoms with Crippen molar-refractivity contribution in [1.82, 2.24) is 10.6 Å². The molecule has 2 rings (SSSR count). The van der Waals surface area contributed by atoms with Crippen LogP contribution >= 0.6 is 0 Å². The second-order valence-electron chi connectivity index (χ2n) is 5.05. The number of rotatable bonds is 4. The van der Waals surface area contributed by atoms with Gasteiger partial charge in [0.25, 0.3) is 0 Å². The molecule has 2 aliphatic rings. The summed E-state index contributed by atoms with van der Waals surface area (Å²) in [5.74, 6) is 0.689. The molecule has 0 unspecified atom stereocenters. The maximum absolute atomic E-state index is 11.5. The summed E-state index contributed by atoms with van der Waals surface area (Å²) in [5.41, 5.74) is 0. The van der Waals surface area contributed by atoms with Gasteiger partial charge < -0.3 is 15.4 Å². The van der Waals surface area contributed by atoms with E-state index in [9.17, 15) is 4.79 Å². The highest BCUT2D eigenvalue weighted by atomic mass is 16.6. The van der Waals surface area contributed by atoms with Crippen molar-refractivity contribution in [3.63, 3.8) is 0 Å². The first-order chi connectivity index (χ1) is 7.78. The fraction of sp³-hybridized carbons (Fsp3) is 0.917. The van der Waals surface area contributed by atoms with Crippen molar-refractivity contribution < 1.29 is 9.53 Å². The fourth-order valence-electron chi connectivity index (χ4n) is 2.65. The Balaban J connectivity index is 1.58. The van der Waals surface area contributed by atoms with E-state index < -0.39 is 0 Å². The second-order valence-corrected chi connectivity index (χ2v) is 5.05. The Bertz CT molecular complexity index is 233. The van der Waals surface area contributed by atoms with Gasteiger partial charge in [0.2, 0.25) is 0 Å². The van der Waals surface area contributed by atoms with E-state index >= 15 is 0 Å². The van der Waals surface area contributed by atoms with E-state index in [2.05, 4.69) is 10.6 Å². The Morgan fingerprint density at radius 3 is 2.62 bits per heavy atom. The van der Waals surface area contributed by atoms with Gasteiger partial charge >= 0.3 is 6.09 Å². The van der Waals surface area contributed by atoms with E-state index in [1.807, 2.05) is 7.05 Å². The molecule has 0 spiro atoms. The van der Waals surface area contributed by atoms with E-state index in [0.29, 0.717) is 12.0 Å². The van der Waals surface area contributed by atoms with Crippen LogP contribution in [0.4, 0.5) is 4.79 Å². The molecule has 4 heteroatoms. The molecule has 0 atom stereocenters. The van der Waals surface area contributed by atoms with E-state index in [1.165, 1.54) is 12.8 Å². The summed E-state index contributed by atoms with van der Waals surface area (Å²) < 4.78 is 5.35. The van der Waals surface area contributed by atoms with E-state index in [-0.39, 0.29) is 12.2 Å². The van der Waals surface area contributed by atoms with Gasteiger partial charge in [-0.1, -0.05) is 12.8 Å². The smallest absolute Gasteiger partial charge is 0.407 e. The van der Waals surface area contributed by atoms with Crippen LogP contribution in [0.1, 0.15) is 38.5 Å². The summed E-state index contributed by atoms with van der Waals surface area (Å²) in [6.07, 6.45) is 6.67. The highest BCUT2D eigenvalue weighted by Gasteiger charge is 2.32. The molecule has 4 nitrogen and oxygen atoms in total. The number of hydrogen-bond acceptors (Lipinski definition) is 3. The molecule has 0 radical (unpaired) electrons. The number of nitrogens with one attached hydrogen (secondary N) is 2. The Kier molecular flexibility index (Phi) is 4.04. The third-order valence-corrected chi connectivity index (χ3v) is 3.64. The average molecular weight is 226 g/mol. The SMILES string of the molecule is CNCC1CC(OC(=O)NC2CCCC2)C1. The summed E-state index contributed by atoms with van der Waals surface area (Å²) in [7, 11) is 1.96. The van der Waals surface area contributed by atoms with Gasteiger partial charge in [-0.05, 0) is 45.2 Å². The quantitative estimate of drug-likeness (QED) is 0.766. The van der Waals surface area contributed by atoms with Gasteiger partial charge in [-0.15, -0.1) is 0 Å². The van der Waals surface area contributed by atoms with Crippen molar-refractivity contribution in [3.05, 3.63) is 0 Å². The average Bonchev–Trinajstić information content (AvgIpc) is 2.67. The highest BCUT2D eigenvalue weighted by molar-refractivity contribution is 5.67. The molecule has 0 aliphatic heterocycles. The molecule has 2 aliphatic carbocycles. The lowest BCUT2D eigenvalue weighted by Crippen LogP contribution is -2.42. The lowest BCUT2D eigenvalue weighted by Gasteiger charge is -2.34. The summed E-state index contributed by atoms with van der Waals surface area (Å²) >= 11 is 0. The predicted octanol–water partition coefficient (Wildman–Crippen LogP) is 1.65. The maximum atomic E-state index is 11.5. The molecule has 2 N–H and O–H groups in total. The van der Waals surface area contributed by atoms with Gasteiger partial charge in [0.05, 0.1) is 0 Å². The van der Waals surface area contributed by atoms with Crippen molar-refractivity contribution in [3.8, 4) is 0 Å². The molecule has 92 valence electrons. The third kappa shape index (κ3) is 3.11. The Morgan fingerprint density at radius 2 is 2.00 bits per heavy atom. The van der Waals surface area contributed by atoms with Crippen LogP contribution in [0.15, 0.2) is 0 Å². The van der Waals surface area contributed by atoms with Crippen molar-refractivity contribution in [2.45, 2.75) is 50.7 Å². The first kappa shape index (κ1) is 11.7. The molecule has 16 heavy (non-hydrogen) atoms. The summed E-state index contributed by atoms with van der Waals surface area (Å²) in [6.45, 7) is 1.03. The topological polar surface area (TPSA) is 50.4 Å². The number of carbonyl (C=O) groups excluding carboxylic acids is 1. The van der Waals surface area contributed by atoms with E-state index in [4.69, 9.17) is 4.74 Å². The maximum Gasteiger partial charge on any atom is 0.407 e. The first-order valence-corrected chi connectivity index (χ1v) is 6.39. The second kappa shape index (κ2) is 5.53. The largest absolute Gasteiger partial charge is 0.446 e. The predicted molar refractivity (Wildman–Crippen MR) is 62.3 cm³/mol. The van der Waals surface area contributed by atoms with Crippen LogP contribution in [0.25, 0.3) is 0 Å². The zero-order valence-corrected chi connectivity index (χ0v) is 10.00. The standard InChI is InChI=1S/C12H22N2O2/c1-13-8-9-6-11(7-9)16-12(15)14-10-4-2-3-5-10/h9-11,13H,2-8H2,1H3,(H,14,15). The fourth-order valence-corrected chi connectivity index (χ4v) is 2.65. The zero-order valence-electron chi connectivity index (χ0n) is 10.00. The molecule has 0 aromatic rings. The lowest BCUT2D eigenvalue weighted by atomic mass is 9.82. The van der Waals surface area contributed by atoms with Crippen LogP contribution < -0.4 is 10.6 Å². The number of amides is 1. The van der Waals surface area contributed by atoms with Crippen molar-refractivity contribution in [2.24, 2.45) is 5.92 Å². The highest BCUT2D eigenvalue weighted by Crippen LogP contribution is 2.29. The van der Waals surface area contributed by atoms with Crippen LogP contribution in [0.3, 0.4) is 0 Å². The molecular formula is C12H22N2O2. The van der Waals surface area contributed by atoms with E-state index in [0.717, 1.165) is 32.2 Å². The molecule has 2 fully saturated rings. The Labute approximate surface area is 97.1 Å². The molecule has 0 saturated heterocycles. The molecular weight excluding hydrogens is 204 g/mol. The molecule has 1 amide bonds. The minimum Gasteiger partial charge on any atom is -0.446 e. The van der Waals surface area contributed by atoms with Gasteiger partial charge in [-0.25, -0.2) is 4.79 Å². The molecule has 2 saturated carbocycles. The summed E-state index contributed by atoms with van der Waals surface area (Å²) in [6, 6.07) is 0.362. The Morgan fingerprint density at radius 1 is 1.31 bits per heavy atom. The van der Waals surface area contributed by atoms with Crippen LogP contribution in [0.5, 0.6) is 0 Å². The van der Waals surface area contributed by atoms with Gasteiger partial charge in [0, 0.05) is 6.04 Å². The molecule has 0 aromatic heterocycles. The van der Waals surface area contributed by atoms with Crippen molar-refractivity contribution in [1.29, 1.82) is 0 Å². The first-order valence-electron chi connectivity index (χ1n) is 6.39. The van der Waals surface area contributed by atoms with Crippen LogP contribution in [0.2, 0.25) is 0 Å². The van der Waals surface area contributed by atoms with Gasteiger partial charge in [0.15, 0.2) is 0 Å². The van der Waals surface area contributed by atoms with Gasteiger partial charge in [-0.3, -0.25) is 0 Å².